The Morgan fingerprint density at radius 1 is 1.06 bits per heavy atom. The summed E-state index contributed by atoms with van der Waals surface area (Å²) in [4.78, 5) is 38.0. The number of hydrogen-bond acceptors (Lipinski definition) is 5. The molecule has 4 rings (SSSR count). The van der Waals surface area contributed by atoms with Crippen LogP contribution < -0.4 is 15.4 Å². The minimum atomic E-state index is -0.670. The van der Waals surface area contributed by atoms with Crippen molar-refractivity contribution in [3.8, 4) is 17.1 Å². The molecule has 3 aromatic rings. The Hall–Kier alpha value is -4.33. The van der Waals surface area contributed by atoms with Gasteiger partial charge >= 0.3 is 6.03 Å². The van der Waals surface area contributed by atoms with E-state index in [1.807, 2.05) is 31.2 Å². The number of amides is 4. The summed E-state index contributed by atoms with van der Waals surface area (Å²) < 4.78 is 10.9. The van der Waals surface area contributed by atoms with Crippen LogP contribution in [0.1, 0.15) is 11.3 Å². The first kappa shape index (κ1) is 20.9. The number of urea groups is 1. The minimum absolute atomic E-state index is 0.0389. The summed E-state index contributed by atoms with van der Waals surface area (Å²) >= 11 is 0. The van der Waals surface area contributed by atoms with Gasteiger partial charge in [0.25, 0.3) is 5.91 Å². The van der Waals surface area contributed by atoms with Crippen LogP contribution >= 0.6 is 0 Å². The minimum Gasteiger partial charge on any atom is -0.497 e. The van der Waals surface area contributed by atoms with Crippen molar-refractivity contribution >= 4 is 29.6 Å². The lowest BCUT2D eigenvalue weighted by Gasteiger charge is -2.12. The molecule has 1 aliphatic rings. The van der Waals surface area contributed by atoms with Crippen molar-refractivity contribution in [2.45, 2.75) is 6.92 Å². The van der Waals surface area contributed by atoms with Crippen molar-refractivity contribution in [3.05, 3.63) is 77.7 Å². The van der Waals surface area contributed by atoms with E-state index in [1.54, 1.807) is 43.5 Å². The van der Waals surface area contributed by atoms with Gasteiger partial charge in [-0.2, -0.15) is 0 Å². The summed E-state index contributed by atoms with van der Waals surface area (Å²) in [6.07, 6.45) is 1.44. The molecule has 1 fully saturated rings. The van der Waals surface area contributed by atoms with Gasteiger partial charge in [0.1, 0.15) is 29.5 Å². The van der Waals surface area contributed by atoms with Gasteiger partial charge < -0.3 is 19.8 Å². The third-order valence-electron chi connectivity index (χ3n) is 4.89. The lowest BCUT2D eigenvalue weighted by atomic mass is 10.1. The van der Waals surface area contributed by atoms with E-state index in [1.165, 1.54) is 6.08 Å². The van der Waals surface area contributed by atoms with E-state index < -0.39 is 24.4 Å². The summed E-state index contributed by atoms with van der Waals surface area (Å²) in [5, 5.41) is 5.13. The number of ether oxygens (including phenoxy) is 1. The first-order valence-corrected chi connectivity index (χ1v) is 9.88. The van der Waals surface area contributed by atoms with Gasteiger partial charge in [0.2, 0.25) is 5.91 Å². The largest absolute Gasteiger partial charge is 0.497 e. The molecule has 2 heterocycles. The molecule has 2 N–H and O–H groups in total. The van der Waals surface area contributed by atoms with Gasteiger partial charge in [-0.25, -0.2) is 9.69 Å². The van der Waals surface area contributed by atoms with E-state index in [-0.39, 0.29) is 5.70 Å². The van der Waals surface area contributed by atoms with Gasteiger partial charge in [-0.3, -0.25) is 9.59 Å². The zero-order valence-corrected chi connectivity index (χ0v) is 17.5. The molecular weight excluding hydrogens is 410 g/mol. The maximum atomic E-state index is 12.6. The van der Waals surface area contributed by atoms with Crippen LogP contribution in [-0.2, 0) is 9.59 Å². The van der Waals surface area contributed by atoms with Crippen LogP contribution in [-0.4, -0.2) is 36.4 Å². The smallest absolute Gasteiger partial charge is 0.329 e. The van der Waals surface area contributed by atoms with E-state index in [4.69, 9.17) is 9.15 Å². The Morgan fingerprint density at radius 3 is 2.47 bits per heavy atom. The maximum absolute atomic E-state index is 12.6. The summed E-state index contributed by atoms with van der Waals surface area (Å²) in [7, 11) is 1.54. The van der Waals surface area contributed by atoms with Crippen molar-refractivity contribution < 1.29 is 23.5 Å². The highest BCUT2D eigenvalue weighted by Gasteiger charge is 2.35. The van der Waals surface area contributed by atoms with Gasteiger partial charge in [0, 0.05) is 17.3 Å². The molecule has 2 aromatic carbocycles. The Labute approximate surface area is 184 Å². The number of imide groups is 1. The highest BCUT2D eigenvalue weighted by atomic mass is 16.5. The molecule has 0 radical (unpaired) electrons. The zero-order chi connectivity index (χ0) is 22.7. The number of nitrogens with one attached hydrogen (secondary N) is 2. The van der Waals surface area contributed by atoms with Crippen LogP contribution in [0.15, 0.2) is 70.8 Å². The number of rotatable bonds is 6. The first-order chi connectivity index (χ1) is 15.4. The fourth-order valence-electron chi connectivity index (χ4n) is 3.18. The molecule has 0 spiro atoms. The second-order valence-corrected chi connectivity index (χ2v) is 7.22. The summed E-state index contributed by atoms with van der Waals surface area (Å²) in [6, 6.07) is 17.4. The molecular formula is C24H21N3O5. The molecule has 162 valence electrons. The SMILES string of the molecule is COc1ccc(NC(=O)CN2C(=O)N/C(=C\c3ccc(-c4ccc(C)cc4)o3)C2=O)cc1. The molecule has 0 aliphatic carbocycles. The number of carbonyl (C=O) groups excluding carboxylic acids is 3. The monoisotopic (exact) mass is 431 g/mol. The van der Waals surface area contributed by atoms with Crippen LogP contribution in [0.2, 0.25) is 0 Å². The van der Waals surface area contributed by atoms with E-state index in [9.17, 15) is 14.4 Å². The highest BCUT2D eigenvalue weighted by Crippen LogP contribution is 2.24. The Balaban J connectivity index is 1.42. The zero-order valence-electron chi connectivity index (χ0n) is 17.5. The number of nitrogens with zero attached hydrogens (tertiary/aromatic N) is 1. The topological polar surface area (TPSA) is 101 Å². The van der Waals surface area contributed by atoms with E-state index >= 15 is 0 Å². The second kappa shape index (κ2) is 8.81. The Kier molecular flexibility index (Phi) is 5.76. The predicted octanol–water partition coefficient (Wildman–Crippen LogP) is 3.80. The Bertz CT molecular complexity index is 1190. The lowest BCUT2D eigenvalue weighted by molar-refractivity contribution is -0.127. The third-order valence-corrected chi connectivity index (χ3v) is 4.89. The van der Waals surface area contributed by atoms with Crippen LogP contribution in [0.5, 0.6) is 5.75 Å². The van der Waals surface area contributed by atoms with Crippen molar-refractivity contribution in [3.63, 3.8) is 0 Å². The number of aryl methyl sites for hydroxylation is 1. The second-order valence-electron chi connectivity index (χ2n) is 7.22. The number of carbonyl (C=O) groups is 3. The fraction of sp³-hybridized carbons (Fsp3) is 0.125. The molecule has 1 aromatic heterocycles. The van der Waals surface area contributed by atoms with E-state index in [2.05, 4.69) is 10.6 Å². The summed E-state index contributed by atoms with van der Waals surface area (Å²) in [6.45, 7) is 1.58. The van der Waals surface area contributed by atoms with Crippen molar-refractivity contribution in [1.82, 2.24) is 10.2 Å². The molecule has 0 unspecified atom stereocenters. The molecule has 0 bridgehead atoms. The fourth-order valence-corrected chi connectivity index (χ4v) is 3.18. The van der Waals surface area contributed by atoms with Gasteiger partial charge in [0.05, 0.1) is 7.11 Å². The van der Waals surface area contributed by atoms with Crippen molar-refractivity contribution in [1.29, 1.82) is 0 Å². The molecule has 32 heavy (non-hydrogen) atoms. The Morgan fingerprint density at radius 2 is 1.78 bits per heavy atom. The lowest BCUT2D eigenvalue weighted by Crippen LogP contribution is -2.38. The molecule has 8 nitrogen and oxygen atoms in total. The van der Waals surface area contributed by atoms with Crippen LogP contribution in [0, 0.1) is 6.92 Å². The number of furan rings is 1. The van der Waals surface area contributed by atoms with Crippen LogP contribution in [0.3, 0.4) is 0 Å². The van der Waals surface area contributed by atoms with Crippen molar-refractivity contribution in [2.75, 3.05) is 19.0 Å². The van der Waals surface area contributed by atoms with Crippen molar-refractivity contribution in [2.24, 2.45) is 0 Å². The summed E-state index contributed by atoms with van der Waals surface area (Å²) in [5.41, 5.74) is 2.60. The number of benzene rings is 2. The van der Waals surface area contributed by atoms with Gasteiger partial charge in [-0.1, -0.05) is 29.8 Å². The number of hydrogen-bond donors (Lipinski definition) is 2. The van der Waals surface area contributed by atoms with Gasteiger partial charge in [-0.15, -0.1) is 0 Å². The van der Waals surface area contributed by atoms with Crippen LogP contribution in [0.4, 0.5) is 10.5 Å². The van der Waals surface area contributed by atoms with Gasteiger partial charge in [0.15, 0.2) is 0 Å². The standard InChI is InChI=1S/C24H21N3O5/c1-15-3-5-16(6-4-15)21-12-11-19(32-21)13-20-23(29)27(24(30)26-20)14-22(28)25-17-7-9-18(31-2)10-8-17/h3-13H,14H2,1-2H3,(H,25,28)(H,26,30)/b20-13-. The van der Waals surface area contributed by atoms with Gasteiger partial charge in [-0.05, 0) is 43.3 Å². The third kappa shape index (κ3) is 4.54. The maximum Gasteiger partial charge on any atom is 0.329 e. The molecule has 1 saturated heterocycles. The molecule has 0 saturated carbocycles. The average molecular weight is 431 g/mol. The molecule has 1 aliphatic heterocycles. The normalized spacial score (nSPS) is 14.6. The number of anilines is 1. The van der Waals surface area contributed by atoms with E-state index in [0.29, 0.717) is 23.0 Å². The molecule has 8 heteroatoms. The predicted molar refractivity (Wildman–Crippen MR) is 119 cm³/mol. The summed E-state index contributed by atoms with van der Waals surface area (Å²) in [5.74, 6) is 0.598. The molecule has 0 atom stereocenters. The molecule has 4 amide bonds. The average Bonchev–Trinajstić information content (AvgIpc) is 3.35. The quantitative estimate of drug-likeness (QED) is 0.457. The highest BCUT2D eigenvalue weighted by molar-refractivity contribution is 6.15. The first-order valence-electron chi connectivity index (χ1n) is 9.88. The number of methoxy groups -OCH3 is 1. The van der Waals surface area contributed by atoms with E-state index in [0.717, 1.165) is 16.0 Å². The van der Waals surface area contributed by atoms with Crippen LogP contribution in [0.25, 0.3) is 17.4 Å².